The second kappa shape index (κ2) is 6.51. The maximum absolute atomic E-state index is 7.79. The molecule has 0 saturated heterocycles. The number of hydrogen-bond donors (Lipinski definition) is 1. The van der Waals surface area contributed by atoms with Crippen LogP contribution in [0.3, 0.4) is 0 Å². The molecule has 0 aromatic rings. The molecular formula is C3H5N3Y-2. The summed E-state index contributed by atoms with van der Waals surface area (Å²) in [5, 5.41) is 9.96. The van der Waals surface area contributed by atoms with E-state index in [4.69, 9.17) is 11.0 Å². The van der Waals surface area contributed by atoms with Crippen molar-refractivity contribution in [2.45, 2.75) is 6.17 Å². The summed E-state index contributed by atoms with van der Waals surface area (Å²) in [6.45, 7) is 0. The van der Waals surface area contributed by atoms with Gasteiger partial charge in [0.25, 0.3) is 0 Å². The maximum Gasteiger partial charge on any atom is 0.0552 e. The minimum Gasteiger partial charge on any atom is -0.652 e. The van der Waals surface area contributed by atoms with Crippen LogP contribution in [0.4, 0.5) is 0 Å². The number of rotatable bonds is 1. The van der Waals surface area contributed by atoms with Gasteiger partial charge in [-0.2, -0.15) is 5.26 Å². The monoisotopic (exact) mass is 172 g/mol. The van der Waals surface area contributed by atoms with Crippen LogP contribution in [0.2, 0.25) is 0 Å². The Morgan fingerprint density at radius 3 is 2.29 bits per heavy atom. The summed E-state index contributed by atoms with van der Waals surface area (Å²) in [6.07, 6.45) is -0.870. The molecule has 4 heteroatoms. The minimum absolute atomic E-state index is 0. The Hall–Kier alpha value is 0.514. The van der Waals surface area contributed by atoms with E-state index in [0.717, 1.165) is 0 Å². The molecule has 0 bridgehead atoms. The standard InChI is InChI=1S/C3H5N3.Y/c1-6-3(5)2-4;/h3,5-6H,1H2;/q-2;. The summed E-state index contributed by atoms with van der Waals surface area (Å²) in [7, 11) is 3.10. The molecule has 7 heavy (non-hydrogen) atoms. The maximum atomic E-state index is 7.79. The van der Waals surface area contributed by atoms with Crippen molar-refractivity contribution in [3.8, 4) is 6.07 Å². The van der Waals surface area contributed by atoms with Gasteiger partial charge >= 0.3 is 0 Å². The SMILES string of the molecule is [CH2-]NC([NH-])C#N.[Y]. The van der Waals surface area contributed by atoms with Crippen molar-refractivity contribution in [1.82, 2.24) is 5.32 Å². The molecule has 0 amide bonds. The molecule has 0 aliphatic heterocycles. The van der Waals surface area contributed by atoms with Gasteiger partial charge < -0.3 is 11.1 Å². The summed E-state index contributed by atoms with van der Waals surface area (Å²) in [6, 6.07) is 1.61. The van der Waals surface area contributed by atoms with Crippen LogP contribution in [-0.4, -0.2) is 6.17 Å². The van der Waals surface area contributed by atoms with E-state index in [1.165, 1.54) is 0 Å². The molecule has 1 radical (unpaired) electrons. The summed E-state index contributed by atoms with van der Waals surface area (Å²) >= 11 is 0. The molecule has 0 aromatic heterocycles. The molecular weight excluding hydrogens is 167 g/mol. The normalized spacial score (nSPS) is 11.0. The third-order valence-electron chi connectivity index (χ3n) is 0.333. The Balaban J connectivity index is 0. The average Bonchev–Trinajstić information content (AvgIpc) is 1.65. The predicted molar refractivity (Wildman–Crippen MR) is 22.2 cm³/mol. The fraction of sp³-hybridized carbons (Fsp3) is 0.333. The van der Waals surface area contributed by atoms with Gasteiger partial charge in [-0.3, -0.25) is 7.05 Å². The summed E-state index contributed by atoms with van der Waals surface area (Å²) in [5.74, 6) is 0. The number of nitriles is 1. The van der Waals surface area contributed by atoms with Crippen molar-refractivity contribution >= 4 is 0 Å². The third kappa shape index (κ3) is 6.51. The third-order valence-corrected chi connectivity index (χ3v) is 0.333. The smallest absolute Gasteiger partial charge is 0.0552 e. The second-order valence-electron chi connectivity index (χ2n) is 0.766. The first-order valence-corrected chi connectivity index (χ1v) is 1.44. The van der Waals surface area contributed by atoms with Crippen LogP contribution in [0.1, 0.15) is 0 Å². The van der Waals surface area contributed by atoms with Crippen LogP contribution < -0.4 is 5.32 Å². The molecule has 0 saturated carbocycles. The molecule has 1 atom stereocenters. The zero-order valence-electron chi connectivity index (χ0n) is 3.81. The molecule has 2 N–H and O–H groups in total. The fourth-order valence-corrected chi connectivity index (χ4v) is 0.0456. The van der Waals surface area contributed by atoms with Crippen LogP contribution in [0.25, 0.3) is 5.73 Å². The van der Waals surface area contributed by atoms with Crippen LogP contribution in [0, 0.1) is 18.4 Å². The van der Waals surface area contributed by atoms with E-state index in [1.807, 2.05) is 0 Å². The second-order valence-corrected chi connectivity index (χ2v) is 0.766. The molecule has 1 unspecified atom stereocenters. The Labute approximate surface area is 68.1 Å². The predicted octanol–water partition coefficient (Wildman–Crippen LogP) is 0.267. The number of hydrogen-bond acceptors (Lipinski definition) is 2. The van der Waals surface area contributed by atoms with Crippen LogP contribution in [0.15, 0.2) is 0 Å². The number of nitrogens with zero attached hydrogens (tertiary/aromatic N) is 1. The number of nitrogens with one attached hydrogen (secondary N) is 2. The van der Waals surface area contributed by atoms with Crippen LogP contribution >= 0.6 is 0 Å². The van der Waals surface area contributed by atoms with Crippen molar-refractivity contribution < 1.29 is 32.7 Å². The molecule has 3 nitrogen and oxygen atoms in total. The molecule has 0 fully saturated rings. The van der Waals surface area contributed by atoms with Crippen molar-refractivity contribution in [2.75, 3.05) is 0 Å². The fourth-order valence-electron chi connectivity index (χ4n) is 0.0456. The van der Waals surface area contributed by atoms with E-state index in [0.29, 0.717) is 0 Å². The van der Waals surface area contributed by atoms with E-state index in [-0.39, 0.29) is 32.7 Å². The van der Waals surface area contributed by atoms with E-state index < -0.39 is 6.17 Å². The molecule has 0 aliphatic rings. The van der Waals surface area contributed by atoms with Crippen molar-refractivity contribution in [1.29, 1.82) is 5.26 Å². The summed E-state index contributed by atoms with van der Waals surface area (Å²) in [5.41, 5.74) is 6.53. The molecule has 0 heterocycles. The first kappa shape index (κ1) is 10.5. The Morgan fingerprint density at radius 1 is 1.86 bits per heavy atom. The quantitative estimate of drug-likeness (QED) is 0.577. The first-order valence-electron chi connectivity index (χ1n) is 1.44. The van der Waals surface area contributed by atoms with Gasteiger partial charge in [0.2, 0.25) is 0 Å². The van der Waals surface area contributed by atoms with E-state index in [1.54, 1.807) is 6.07 Å². The Bertz CT molecular complexity index is 67.1. The van der Waals surface area contributed by atoms with Gasteiger partial charge in [-0.05, 0) is 6.17 Å². The zero-order valence-corrected chi connectivity index (χ0v) is 6.65. The molecule has 0 rings (SSSR count). The van der Waals surface area contributed by atoms with Gasteiger partial charge in [-0.1, -0.05) is 0 Å². The van der Waals surface area contributed by atoms with Crippen LogP contribution in [-0.2, 0) is 32.7 Å². The van der Waals surface area contributed by atoms with Crippen molar-refractivity contribution in [3.63, 3.8) is 0 Å². The van der Waals surface area contributed by atoms with E-state index >= 15 is 0 Å². The average molecular weight is 172 g/mol. The molecule has 0 spiro atoms. The molecule has 0 aliphatic carbocycles. The Kier molecular flexibility index (Phi) is 9.76. The largest absolute Gasteiger partial charge is 0.652 e. The topological polar surface area (TPSA) is 59.6 Å². The molecule has 37 valence electrons. The Morgan fingerprint density at radius 2 is 2.29 bits per heavy atom. The van der Waals surface area contributed by atoms with E-state index in [9.17, 15) is 0 Å². The van der Waals surface area contributed by atoms with Crippen molar-refractivity contribution in [3.05, 3.63) is 12.8 Å². The zero-order chi connectivity index (χ0) is 4.99. The van der Waals surface area contributed by atoms with Gasteiger partial charge in [-0.15, -0.1) is 0 Å². The first-order chi connectivity index (χ1) is 2.81. The van der Waals surface area contributed by atoms with Gasteiger partial charge in [0.05, 0.1) is 6.07 Å². The van der Waals surface area contributed by atoms with Gasteiger partial charge in [-0.25, -0.2) is 0 Å². The van der Waals surface area contributed by atoms with Gasteiger partial charge in [0.15, 0.2) is 0 Å². The summed E-state index contributed by atoms with van der Waals surface area (Å²) in [4.78, 5) is 0. The van der Waals surface area contributed by atoms with Gasteiger partial charge in [0.1, 0.15) is 0 Å². The minimum atomic E-state index is -0.870. The van der Waals surface area contributed by atoms with Crippen LogP contribution in [0.5, 0.6) is 0 Å². The summed E-state index contributed by atoms with van der Waals surface area (Å²) < 4.78 is 0. The van der Waals surface area contributed by atoms with E-state index in [2.05, 4.69) is 12.4 Å². The molecule has 0 aromatic carbocycles. The van der Waals surface area contributed by atoms with Crippen molar-refractivity contribution in [2.24, 2.45) is 0 Å². The van der Waals surface area contributed by atoms with Gasteiger partial charge in [0, 0.05) is 32.7 Å².